The van der Waals surface area contributed by atoms with Crippen molar-refractivity contribution in [3.05, 3.63) is 65.7 Å². The zero-order valence-corrected chi connectivity index (χ0v) is 21.7. The number of benzene rings is 3. The largest absolute Gasteiger partial charge is 0.480 e. The van der Waals surface area contributed by atoms with Gasteiger partial charge in [0.25, 0.3) is 0 Å². The van der Waals surface area contributed by atoms with Crippen LogP contribution in [0.1, 0.15) is 30.1 Å². The summed E-state index contributed by atoms with van der Waals surface area (Å²) in [5.74, 6) is -3.73. The molecule has 0 fully saturated rings. The molecule has 39 heavy (non-hydrogen) atoms. The van der Waals surface area contributed by atoms with Crippen molar-refractivity contribution >= 4 is 63.1 Å². The van der Waals surface area contributed by atoms with Crippen molar-refractivity contribution in [2.24, 2.45) is 5.73 Å². The van der Waals surface area contributed by atoms with Crippen LogP contribution in [0.2, 0.25) is 0 Å². The number of aliphatic hydroxyl groups excluding tert-OH is 1. The fourth-order valence-electron chi connectivity index (χ4n) is 4.47. The highest BCUT2D eigenvalue weighted by Crippen LogP contribution is 2.38. The summed E-state index contributed by atoms with van der Waals surface area (Å²) in [5.41, 5.74) is 7.08. The van der Waals surface area contributed by atoms with Crippen LogP contribution in [0.25, 0.3) is 27.6 Å². The molecule has 4 atom stereocenters. The molecule has 0 radical (unpaired) electrons. The van der Waals surface area contributed by atoms with Gasteiger partial charge in [-0.05, 0) is 51.2 Å². The first-order valence-corrected chi connectivity index (χ1v) is 13.4. The molecule has 4 rings (SSSR count). The normalized spacial score (nSPS) is 17.8. The molecule has 0 saturated heterocycles. The Bertz CT molecular complexity index is 1460. The van der Waals surface area contributed by atoms with E-state index in [2.05, 4.69) is 22.8 Å². The Labute approximate surface area is 228 Å². The van der Waals surface area contributed by atoms with Crippen molar-refractivity contribution in [2.45, 2.75) is 36.3 Å². The summed E-state index contributed by atoms with van der Waals surface area (Å²) < 4.78 is 0. The second-order valence-electron chi connectivity index (χ2n) is 9.31. The van der Waals surface area contributed by atoms with E-state index in [1.165, 1.54) is 11.8 Å². The third kappa shape index (κ3) is 6.75. The van der Waals surface area contributed by atoms with Crippen molar-refractivity contribution in [2.75, 3.05) is 12.3 Å². The van der Waals surface area contributed by atoms with Gasteiger partial charge in [-0.15, -0.1) is 11.8 Å². The van der Waals surface area contributed by atoms with E-state index in [0.29, 0.717) is 0 Å². The number of hydrogen-bond donors (Lipinski definition) is 6. The number of hydrogen-bond acceptors (Lipinski definition) is 7. The van der Waals surface area contributed by atoms with Crippen LogP contribution in [-0.2, 0) is 19.2 Å². The summed E-state index contributed by atoms with van der Waals surface area (Å²) >= 11 is 1.24. The minimum Gasteiger partial charge on any atom is -0.480 e. The van der Waals surface area contributed by atoms with Gasteiger partial charge in [0.2, 0.25) is 11.8 Å². The summed E-state index contributed by atoms with van der Waals surface area (Å²) in [6.45, 7) is -0.624. The molecule has 0 aliphatic heterocycles. The molecule has 0 heterocycles. The second kappa shape index (κ2) is 12.3. The number of nitrogens with two attached hydrogens (primary N) is 1. The molecular weight excluding hydrogens is 522 g/mol. The monoisotopic (exact) mass is 551 g/mol. The van der Waals surface area contributed by atoms with E-state index in [0.717, 1.165) is 32.7 Å². The number of thioether (sulfide) groups is 1. The van der Waals surface area contributed by atoms with Crippen LogP contribution in [0, 0.1) is 0 Å². The summed E-state index contributed by atoms with van der Waals surface area (Å²) in [4.78, 5) is 46.8. The minimum atomic E-state index is -1.24. The molecule has 0 saturated carbocycles. The van der Waals surface area contributed by atoms with Gasteiger partial charge >= 0.3 is 11.9 Å². The SMILES string of the molecule is NC(CCC(=O)NC(CSC1C=Cc2cc3c(ccc4ccccc43)cc2C1O)C(=O)NCC(=O)O)C(=O)O. The third-order valence-electron chi connectivity index (χ3n) is 6.56. The van der Waals surface area contributed by atoms with Gasteiger partial charge in [-0.3, -0.25) is 19.2 Å². The van der Waals surface area contributed by atoms with Crippen molar-refractivity contribution in [3.8, 4) is 0 Å². The van der Waals surface area contributed by atoms with Gasteiger partial charge in [0.1, 0.15) is 18.6 Å². The molecule has 0 spiro atoms. The van der Waals surface area contributed by atoms with E-state index in [4.69, 9.17) is 15.9 Å². The average molecular weight is 552 g/mol. The number of carboxylic acids is 2. The van der Waals surface area contributed by atoms with Gasteiger partial charge in [-0.2, -0.15) is 0 Å². The molecule has 3 aromatic rings. The summed E-state index contributed by atoms with van der Waals surface area (Å²) in [7, 11) is 0. The molecule has 7 N–H and O–H groups in total. The van der Waals surface area contributed by atoms with E-state index in [1.54, 1.807) is 0 Å². The maximum Gasteiger partial charge on any atom is 0.322 e. The Morgan fingerprint density at radius 2 is 1.74 bits per heavy atom. The van der Waals surface area contributed by atoms with E-state index < -0.39 is 53.7 Å². The van der Waals surface area contributed by atoms with Crippen LogP contribution >= 0.6 is 11.8 Å². The number of rotatable bonds is 11. The third-order valence-corrected chi connectivity index (χ3v) is 7.89. The topological polar surface area (TPSA) is 179 Å². The Morgan fingerprint density at radius 1 is 1.00 bits per heavy atom. The maximum atomic E-state index is 12.6. The number of carboxylic acid groups (broad SMARTS) is 2. The number of fused-ring (bicyclic) bond motifs is 4. The summed E-state index contributed by atoms with van der Waals surface area (Å²) in [6.07, 6.45) is 2.54. The van der Waals surface area contributed by atoms with Crippen molar-refractivity contribution in [3.63, 3.8) is 0 Å². The van der Waals surface area contributed by atoms with Crippen LogP contribution in [0.5, 0.6) is 0 Å². The Hall–Kier alpha value is -3.93. The van der Waals surface area contributed by atoms with Crippen molar-refractivity contribution in [1.82, 2.24) is 10.6 Å². The predicted octanol–water partition coefficient (Wildman–Crippen LogP) is 2.03. The molecule has 2 amide bonds. The number of carbonyl (C=O) groups excluding carboxylic acids is 2. The number of carbonyl (C=O) groups is 4. The molecule has 10 nitrogen and oxygen atoms in total. The summed E-state index contributed by atoms with van der Waals surface area (Å²) in [5, 5.41) is 37.7. The Morgan fingerprint density at radius 3 is 2.49 bits per heavy atom. The highest BCUT2D eigenvalue weighted by Gasteiger charge is 2.29. The van der Waals surface area contributed by atoms with Gasteiger partial charge < -0.3 is 31.7 Å². The fourth-order valence-corrected chi connectivity index (χ4v) is 5.64. The maximum absolute atomic E-state index is 12.6. The molecule has 204 valence electrons. The minimum absolute atomic E-state index is 0.0434. The van der Waals surface area contributed by atoms with Crippen molar-refractivity contribution < 1.29 is 34.5 Å². The van der Waals surface area contributed by atoms with E-state index in [-0.39, 0.29) is 18.6 Å². The lowest BCUT2D eigenvalue weighted by Crippen LogP contribution is -2.49. The zero-order chi connectivity index (χ0) is 28.1. The average Bonchev–Trinajstić information content (AvgIpc) is 2.92. The molecule has 11 heteroatoms. The number of aliphatic hydroxyl groups is 1. The van der Waals surface area contributed by atoms with E-state index >= 15 is 0 Å². The van der Waals surface area contributed by atoms with Crippen LogP contribution in [0.4, 0.5) is 0 Å². The van der Waals surface area contributed by atoms with Gasteiger partial charge in [-0.25, -0.2) is 0 Å². The summed E-state index contributed by atoms with van der Waals surface area (Å²) in [6, 6.07) is 13.8. The molecule has 1 aliphatic rings. The van der Waals surface area contributed by atoms with Crippen LogP contribution in [0.15, 0.2) is 54.6 Å². The first-order chi connectivity index (χ1) is 18.6. The molecule has 3 aromatic carbocycles. The molecular formula is C28H29N3O7S. The fraction of sp³-hybridized carbons (Fsp3) is 0.286. The van der Waals surface area contributed by atoms with Gasteiger partial charge in [0.05, 0.1) is 11.4 Å². The van der Waals surface area contributed by atoms with E-state index in [9.17, 15) is 24.3 Å². The van der Waals surface area contributed by atoms with Crippen LogP contribution in [0.3, 0.4) is 0 Å². The predicted molar refractivity (Wildman–Crippen MR) is 149 cm³/mol. The van der Waals surface area contributed by atoms with E-state index in [1.807, 2.05) is 48.6 Å². The van der Waals surface area contributed by atoms with Crippen LogP contribution in [-0.4, -0.2) is 68.7 Å². The highest BCUT2D eigenvalue weighted by molar-refractivity contribution is 8.00. The van der Waals surface area contributed by atoms with Gasteiger partial charge in [-0.1, -0.05) is 48.6 Å². The first-order valence-electron chi connectivity index (χ1n) is 12.3. The number of aliphatic carboxylic acids is 2. The molecule has 0 bridgehead atoms. The highest BCUT2D eigenvalue weighted by atomic mass is 32.2. The van der Waals surface area contributed by atoms with Crippen molar-refractivity contribution in [1.29, 1.82) is 0 Å². The Balaban J connectivity index is 1.48. The molecule has 0 aromatic heterocycles. The van der Waals surface area contributed by atoms with Gasteiger partial charge in [0.15, 0.2) is 0 Å². The standard InChI is InChI=1S/C28H29N3O7S/c29-21(28(37)38)8-10-24(32)31-22(27(36)30-13-25(33)34)14-39-23-9-7-17-11-19-16(12-20(17)26(23)35)6-5-15-3-1-2-4-18(15)19/h1-7,9,11-12,21-23,26,35H,8,10,13-14,29H2,(H,30,36)(H,31,32)(H,33,34)(H,37,38). The smallest absolute Gasteiger partial charge is 0.322 e. The molecule has 1 aliphatic carbocycles. The zero-order valence-electron chi connectivity index (χ0n) is 20.9. The lowest BCUT2D eigenvalue weighted by molar-refractivity contribution is -0.139. The number of amides is 2. The molecule has 4 unspecified atom stereocenters. The quantitative estimate of drug-likeness (QED) is 0.194. The second-order valence-corrected chi connectivity index (χ2v) is 10.5. The van der Waals surface area contributed by atoms with Crippen LogP contribution < -0.4 is 16.4 Å². The lowest BCUT2D eigenvalue weighted by Gasteiger charge is -2.27. The lowest BCUT2D eigenvalue weighted by atomic mass is 9.90. The first kappa shape index (κ1) is 28.1. The van der Waals surface area contributed by atoms with Gasteiger partial charge in [0, 0.05) is 12.2 Å². The Kier molecular flexibility index (Phi) is 8.85. The number of nitrogens with one attached hydrogen (secondary N) is 2.